The van der Waals surface area contributed by atoms with Crippen LogP contribution in [0.15, 0.2) is 24.4 Å². The van der Waals surface area contributed by atoms with Gasteiger partial charge in [0, 0.05) is 17.8 Å². The van der Waals surface area contributed by atoms with Gasteiger partial charge in [-0.25, -0.2) is 4.98 Å². The molecular formula is C19H24N2O4. The molecule has 2 aromatic heterocycles. The fourth-order valence-electron chi connectivity index (χ4n) is 3.65. The van der Waals surface area contributed by atoms with Crippen LogP contribution in [0, 0.1) is 11.8 Å². The van der Waals surface area contributed by atoms with Gasteiger partial charge in [-0.15, -0.1) is 0 Å². The molecule has 0 spiro atoms. The summed E-state index contributed by atoms with van der Waals surface area (Å²) in [7, 11) is 3.01. The largest absolute Gasteiger partial charge is 0.481 e. The van der Waals surface area contributed by atoms with Crippen LogP contribution in [-0.4, -0.2) is 35.3 Å². The predicted molar refractivity (Wildman–Crippen MR) is 93.1 cm³/mol. The van der Waals surface area contributed by atoms with Crippen LogP contribution in [-0.2, 0) is 9.53 Å². The molecule has 3 rings (SSSR count). The van der Waals surface area contributed by atoms with Gasteiger partial charge in [0.15, 0.2) is 0 Å². The van der Waals surface area contributed by atoms with Crippen LogP contribution in [0.1, 0.15) is 43.8 Å². The highest BCUT2D eigenvalue weighted by Crippen LogP contribution is 2.36. The molecule has 25 heavy (non-hydrogen) atoms. The van der Waals surface area contributed by atoms with Gasteiger partial charge >= 0.3 is 5.97 Å². The number of fused-ring (bicyclic) bond motifs is 1. The number of nitrogens with zero attached hydrogens (tertiary/aromatic N) is 2. The molecular weight excluding hydrogens is 320 g/mol. The summed E-state index contributed by atoms with van der Waals surface area (Å²) in [6, 6.07) is 5.43. The van der Waals surface area contributed by atoms with Gasteiger partial charge in [-0.1, -0.05) is 0 Å². The van der Waals surface area contributed by atoms with Crippen molar-refractivity contribution in [1.29, 1.82) is 0 Å². The van der Waals surface area contributed by atoms with E-state index in [9.17, 15) is 9.90 Å². The van der Waals surface area contributed by atoms with E-state index in [2.05, 4.69) is 9.97 Å². The first-order chi connectivity index (χ1) is 12.1. The molecule has 6 nitrogen and oxygen atoms in total. The van der Waals surface area contributed by atoms with Crippen molar-refractivity contribution < 1.29 is 19.4 Å². The highest BCUT2D eigenvalue weighted by molar-refractivity contribution is 5.78. The molecule has 0 radical (unpaired) electrons. The van der Waals surface area contributed by atoms with Crippen molar-refractivity contribution in [2.45, 2.75) is 38.2 Å². The van der Waals surface area contributed by atoms with Crippen molar-refractivity contribution in [3.05, 3.63) is 30.0 Å². The summed E-state index contributed by atoms with van der Waals surface area (Å²) in [6.45, 7) is 0. The molecule has 0 amide bonds. The van der Waals surface area contributed by atoms with Crippen LogP contribution in [0.25, 0.3) is 11.0 Å². The van der Waals surface area contributed by atoms with E-state index in [-0.39, 0.29) is 11.9 Å². The first kappa shape index (κ1) is 17.6. The van der Waals surface area contributed by atoms with Crippen LogP contribution >= 0.6 is 0 Å². The second kappa shape index (κ2) is 7.78. The minimum Gasteiger partial charge on any atom is -0.481 e. The highest BCUT2D eigenvalue weighted by Gasteiger charge is 2.28. The number of aliphatic hydroxyl groups is 1. The van der Waals surface area contributed by atoms with Gasteiger partial charge in [0.1, 0.15) is 0 Å². The Balaban J connectivity index is 1.71. The molecule has 0 aliphatic heterocycles. The molecule has 1 aliphatic carbocycles. The molecule has 1 atom stereocenters. The minimum atomic E-state index is -0.607. The summed E-state index contributed by atoms with van der Waals surface area (Å²) in [5.74, 6) is 0.791. The Hall–Kier alpha value is -2.21. The zero-order valence-corrected chi connectivity index (χ0v) is 14.6. The number of esters is 1. The van der Waals surface area contributed by atoms with Crippen LogP contribution in [0.2, 0.25) is 0 Å². The molecule has 0 aromatic carbocycles. The first-order valence-electron chi connectivity index (χ1n) is 8.68. The van der Waals surface area contributed by atoms with Gasteiger partial charge in [-0.3, -0.25) is 9.78 Å². The van der Waals surface area contributed by atoms with Crippen molar-refractivity contribution in [2.24, 2.45) is 11.8 Å². The Morgan fingerprint density at radius 2 is 2.00 bits per heavy atom. The third-order valence-electron chi connectivity index (χ3n) is 5.10. The standard InChI is InChI=1S/C19H24N2O4/c1-24-17-8-7-15-18(21-17)14(9-10-20-15)16(22)11-12-3-5-13(6-4-12)19(23)25-2/h7-10,12-13,16,22H,3-6,11H2,1-2H3. The third kappa shape index (κ3) is 3.90. The Morgan fingerprint density at radius 3 is 2.68 bits per heavy atom. The van der Waals surface area contributed by atoms with Crippen LogP contribution in [0.3, 0.4) is 0 Å². The van der Waals surface area contributed by atoms with Crippen molar-refractivity contribution in [3.8, 4) is 5.88 Å². The normalized spacial score (nSPS) is 21.7. The van der Waals surface area contributed by atoms with E-state index in [1.165, 1.54) is 7.11 Å². The molecule has 6 heteroatoms. The lowest BCUT2D eigenvalue weighted by Crippen LogP contribution is -2.23. The van der Waals surface area contributed by atoms with Gasteiger partial charge in [-0.2, -0.15) is 0 Å². The molecule has 0 saturated heterocycles. The molecule has 0 bridgehead atoms. The predicted octanol–water partition coefficient (Wildman–Crippen LogP) is 3.04. The quantitative estimate of drug-likeness (QED) is 0.840. The second-order valence-electron chi connectivity index (χ2n) is 6.61. The van der Waals surface area contributed by atoms with E-state index >= 15 is 0 Å². The second-order valence-corrected chi connectivity index (χ2v) is 6.61. The molecule has 134 valence electrons. The van der Waals surface area contributed by atoms with Gasteiger partial charge in [0.2, 0.25) is 5.88 Å². The lowest BCUT2D eigenvalue weighted by atomic mass is 9.79. The van der Waals surface area contributed by atoms with E-state index in [0.29, 0.717) is 23.7 Å². The molecule has 2 aromatic rings. The van der Waals surface area contributed by atoms with Crippen LogP contribution in [0.5, 0.6) is 5.88 Å². The Morgan fingerprint density at radius 1 is 1.24 bits per heavy atom. The Kier molecular flexibility index (Phi) is 5.48. The number of carbonyl (C=O) groups is 1. The van der Waals surface area contributed by atoms with Crippen molar-refractivity contribution in [1.82, 2.24) is 9.97 Å². The number of methoxy groups -OCH3 is 2. The van der Waals surface area contributed by atoms with E-state index < -0.39 is 6.10 Å². The Labute approximate surface area is 147 Å². The van der Waals surface area contributed by atoms with Gasteiger partial charge in [-0.05, 0) is 50.2 Å². The van der Waals surface area contributed by atoms with Gasteiger partial charge in [0.05, 0.1) is 37.3 Å². The molecule has 1 unspecified atom stereocenters. The summed E-state index contributed by atoms with van der Waals surface area (Å²) < 4.78 is 10.0. The summed E-state index contributed by atoms with van der Waals surface area (Å²) in [6.07, 6.45) is 5.26. The van der Waals surface area contributed by atoms with Gasteiger partial charge < -0.3 is 14.6 Å². The SMILES string of the molecule is COC(=O)C1CCC(CC(O)c2ccnc3ccc(OC)nc23)CC1. The smallest absolute Gasteiger partial charge is 0.308 e. The topological polar surface area (TPSA) is 81.5 Å². The number of hydrogen-bond donors (Lipinski definition) is 1. The summed E-state index contributed by atoms with van der Waals surface area (Å²) in [5.41, 5.74) is 2.20. The van der Waals surface area contributed by atoms with E-state index in [0.717, 1.165) is 36.8 Å². The monoisotopic (exact) mass is 344 g/mol. The third-order valence-corrected chi connectivity index (χ3v) is 5.10. The number of carbonyl (C=O) groups excluding carboxylic acids is 1. The first-order valence-corrected chi connectivity index (χ1v) is 8.68. The average molecular weight is 344 g/mol. The van der Waals surface area contributed by atoms with Crippen LogP contribution < -0.4 is 4.74 Å². The van der Waals surface area contributed by atoms with E-state index in [1.807, 2.05) is 12.1 Å². The number of aliphatic hydroxyl groups excluding tert-OH is 1. The zero-order chi connectivity index (χ0) is 17.8. The van der Waals surface area contributed by atoms with Crippen molar-refractivity contribution in [2.75, 3.05) is 14.2 Å². The van der Waals surface area contributed by atoms with Crippen molar-refractivity contribution >= 4 is 17.0 Å². The van der Waals surface area contributed by atoms with Gasteiger partial charge in [0.25, 0.3) is 0 Å². The maximum Gasteiger partial charge on any atom is 0.308 e. The average Bonchev–Trinajstić information content (AvgIpc) is 2.66. The number of aromatic nitrogens is 2. The maximum absolute atomic E-state index is 11.6. The Bertz CT molecular complexity index is 741. The fraction of sp³-hybridized carbons (Fsp3) is 0.526. The summed E-state index contributed by atoms with van der Waals surface area (Å²) in [5, 5.41) is 10.8. The number of rotatable bonds is 5. The number of hydrogen-bond acceptors (Lipinski definition) is 6. The molecule has 1 aliphatic rings. The highest BCUT2D eigenvalue weighted by atomic mass is 16.5. The molecule has 2 heterocycles. The fourth-order valence-corrected chi connectivity index (χ4v) is 3.65. The van der Waals surface area contributed by atoms with E-state index in [1.54, 1.807) is 19.4 Å². The molecule has 1 fully saturated rings. The maximum atomic E-state index is 11.6. The minimum absolute atomic E-state index is 0.00563. The zero-order valence-electron chi connectivity index (χ0n) is 14.6. The lowest BCUT2D eigenvalue weighted by Gasteiger charge is -2.28. The number of pyridine rings is 2. The van der Waals surface area contributed by atoms with Crippen molar-refractivity contribution in [3.63, 3.8) is 0 Å². The molecule has 1 N–H and O–H groups in total. The number of ether oxygens (including phenoxy) is 2. The van der Waals surface area contributed by atoms with Crippen LogP contribution in [0.4, 0.5) is 0 Å². The lowest BCUT2D eigenvalue weighted by molar-refractivity contribution is -0.146. The summed E-state index contributed by atoms with van der Waals surface area (Å²) in [4.78, 5) is 20.4. The summed E-state index contributed by atoms with van der Waals surface area (Å²) >= 11 is 0. The molecule has 1 saturated carbocycles. The van der Waals surface area contributed by atoms with E-state index in [4.69, 9.17) is 9.47 Å².